The van der Waals surface area contributed by atoms with E-state index in [4.69, 9.17) is 24.1 Å². The van der Waals surface area contributed by atoms with Crippen molar-refractivity contribution in [1.29, 1.82) is 0 Å². The molecule has 2 aliphatic rings. The quantitative estimate of drug-likeness (QED) is 0.452. The molecule has 10 nitrogen and oxygen atoms in total. The van der Waals surface area contributed by atoms with E-state index in [0.29, 0.717) is 30.3 Å². The lowest BCUT2D eigenvalue weighted by molar-refractivity contribution is -0.122. The van der Waals surface area contributed by atoms with Crippen LogP contribution in [0.2, 0.25) is 0 Å². The smallest absolute Gasteiger partial charge is 0.290 e. The van der Waals surface area contributed by atoms with E-state index in [2.05, 4.69) is 25.4 Å². The highest BCUT2D eigenvalue weighted by Gasteiger charge is 2.23. The summed E-state index contributed by atoms with van der Waals surface area (Å²) in [5.74, 6) is 3.43. The fraction of sp³-hybridized carbons (Fsp3) is 0.520. The average Bonchev–Trinajstić information content (AvgIpc) is 3.20. The molecule has 186 valence electrons. The molecule has 0 aliphatic heterocycles. The number of anilines is 1. The fourth-order valence-electron chi connectivity index (χ4n) is 4.38. The third kappa shape index (κ3) is 6.12. The molecule has 0 bridgehead atoms. The van der Waals surface area contributed by atoms with E-state index in [1.807, 2.05) is 26.0 Å². The molecular formula is C25H32N6O4. The van der Waals surface area contributed by atoms with Crippen LogP contribution >= 0.6 is 0 Å². The zero-order chi connectivity index (χ0) is 24.6. The van der Waals surface area contributed by atoms with Gasteiger partial charge in [-0.25, -0.2) is 15.0 Å². The van der Waals surface area contributed by atoms with Gasteiger partial charge in [-0.05, 0) is 64.5 Å². The molecule has 3 aromatic rings. The first-order valence-electron chi connectivity index (χ1n) is 12.2. The van der Waals surface area contributed by atoms with Crippen LogP contribution in [0.25, 0.3) is 11.5 Å². The Balaban J connectivity index is 0.000000917. The summed E-state index contributed by atoms with van der Waals surface area (Å²) in [6.07, 6.45) is 11.5. The second-order valence-electron chi connectivity index (χ2n) is 8.99. The molecule has 3 aromatic heterocycles. The van der Waals surface area contributed by atoms with Crippen molar-refractivity contribution in [3.8, 4) is 17.2 Å². The Labute approximate surface area is 204 Å². The van der Waals surface area contributed by atoms with Crippen molar-refractivity contribution in [3.63, 3.8) is 0 Å². The normalized spacial score (nSPS) is 16.1. The second-order valence-corrected chi connectivity index (χ2v) is 8.99. The Morgan fingerprint density at radius 3 is 2.51 bits per heavy atom. The number of nitrogens with one attached hydrogen (secondary N) is 1. The van der Waals surface area contributed by atoms with E-state index in [9.17, 15) is 0 Å². The Morgan fingerprint density at radius 1 is 1.06 bits per heavy atom. The molecule has 0 amide bonds. The number of hydrogen-bond donors (Lipinski definition) is 2. The Hall–Kier alpha value is -3.56. The van der Waals surface area contributed by atoms with Gasteiger partial charge < -0.3 is 19.7 Å². The molecule has 0 radical (unpaired) electrons. The van der Waals surface area contributed by atoms with Crippen LogP contribution in [0.4, 0.5) is 5.95 Å². The van der Waals surface area contributed by atoms with Crippen molar-refractivity contribution in [1.82, 2.24) is 25.1 Å². The fourth-order valence-corrected chi connectivity index (χ4v) is 4.38. The SMILES string of the molecule is Cc1nc(-c2onc(C)c2CNc2ncnc(C3CCC3)n2)ccc1OC1CCCCC1.O=CO. The van der Waals surface area contributed by atoms with Gasteiger partial charge in [0.25, 0.3) is 6.47 Å². The van der Waals surface area contributed by atoms with Crippen molar-refractivity contribution < 1.29 is 19.2 Å². The van der Waals surface area contributed by atoms with Crippen LogP contribution < -0.4 is 10.1 Å². The zero-order valence-corrected chi connectivity index (χ0v) is 20.2. The Morgan fingerprint density at radius 2 is 1.83 bits per heavy atom. The number of carboxylic acid groups (broad SMARTS) is 1. The van der Waals surface area contributed by atoms with Gasteiger partial charge >= 0.3 is 0 Å². The van der Waals surface area contributed by atoms with Gasteiger partial charge in [0.2, 0.25) is 5.95 Å². The number of aromatic nitrogens is 5. The van der Waals surface area contributed by atoms with E-state index in [0.717, 1.165) is 59.9 Å². The van der Waals surface area contributed by atoms with Gasteiger partial charge in [-0.3, -0.25) is 4.79 Å². The number of pyridine rings is 1. The van der Waals surface area contributed by atoms with Crippen LogP contribution in [0.1, 0.15) is 80.1 Å². The molecule has 0 atom stereocenters. The predicted octanol–water partition coefficient (Wildman–Crippen LogP) is 4.83. The molecule has 0 unspecified atom stereocenters. The number of rotatable bonds is 7. The van der Waals surface area contributed by atoms with Gasteiger partial charge in [-0.2, -0.15) is 4.98 Å². The predicted molar refractivity (Wildman–Crippen MR) is 129 cm³/mol. The summed E-state index contributed by atoms with van der Waals surface area (Å²) < 4.78 is 11.9. The molecule has 3 heterocycles. The van der Waals surface area contributed by atoms with E-state index in [1.165, 1.54) is 25.7 Å². The molecule has 5 rings (SSSR count). The van der Waals surface area contributed by atoms with Crippen molar-refractivity contribution in [2.75, 3.05) is 5.32 Å². The zero-order valence-electron chi connectivity index (χ0n) is 20.2. The summed E-state index contributed by atoms with van der Waals surface area (Å²) in [4.78, 5) is 26.3. The maximum absolute atomic E-state index is 8.36. The van der Waals surface area contributed by atoms with Crippen molar-refractivity contribution >= 4 is 12.4 Å². The van der Waals surface area contributed by atoms with Crippen molar-refractivity contribution in [3.05, 3.63) is 41.2 Å². The first-order valence-corrected chi connectivity index (χ1v) is 12.2. The molecule has 2 fully saturated rings. The molecule has 0 aromatic carbocycles. The van der Waals surface area contributed by atoms with Crippen LogP contribution in [-0.2, 0) is 11.3 Å². The van der Waals surface area contributed by atoms with E-state index in [-0.39, 0.29) is 6.47 Å². The van der Waals surface area contributed by atoms with Gasteiger partial charge in [0.05, 0.1) is 17.5 Å². The number of nitrogens with zero attached hydrogens (tertiary/aromatic N) is 5. The third-order valence-corrected chi connectivity index (χ3v) is 6.58. The summed E-state index contributed by atoms with van der Waals surface area (Å²) in [7, 11) is 0. The topological polar surface area (TPSA) is 136 Å². The van der Waals surface area contributed by atoms with Crippen LogP contribution in [0.3, 0.4) is 0 Å². The Bertz CT molecular complexity index is 1120. The lowest BCUT2D eigenvalue weighted by Gasteiger charge is -2.23. The van der Waals surface area contributed by atoms with Crippen molar-refractivity contribution in [2.24, 2.45) is 0 Å². The Kier molecular flexibility index (Phi) is 8.23. The maximum atomic E-state index is 8.36. The highest BCUT2D eigenvalue weighted by atomic mass is 16.5. The minimum atomic E-state index is -0.250. The average molecular weight is 481 g/mol. The van der Waals surface area contributed by atoms with Crippen LogP contribution in [0, 0.1) is 13.8 Å². The van der Waals surface area contributed by atoms with E-state index < -0.39 is 0 Å². The molecule has 0 spiro atoms. The summed E-state index contributed by atoms with van der Waals surface area (Å²) in [6, 6.07) is 3.95. The molecular weight excluding hydrogens is 448 g/mol. The standard InChI is InChI=1S/C24H30N6O2.CH2O2/c1-15-19(13-25-24-27-14-26-23(29-24)17-7-6-8-17)22(32-30-15)20-11-12-21(16(2)28-20)31-18-9-4-3-5-10-18;2-1-3/h11-12,14,17-18H,3-10,13H2,1-2H3,(H,25,26,27,29);1H,(H,2,3). The maximum Gasteiger partial charge on any atom is 0.290 e. The van der Waals surface area contributed by atoms with Gasteiger partial charge in [0.15, 0.2) is 5.76 Å². The highest BCUT2D eigenvalue weighted by molar-refractivity contribution is 5.59. The first-order chi connectivity index (χ1) is 17.1. The first kappa shape index (κ1) is 24.6. The summed E-state index contributed by atoms with van der Waals surface area (Å²) >= 11 is 0. The number of ether oxygens (including phenoxy) is 1. The minimum Gasteiger partial charge on any atom is -0.489 e. The van der Waals surface area contributed by atoms with Gasteiger partial charge in [-0.15, -0.1) is 0 Å². The lowest BCUT2D eigenvalue weighted by atomic mass is 9.85. The summed E-state index contributed by atoms with van der Waals surface area (Å²) in [5.41, 5.74) is 3.39. The second kappa shape index (κ2) is 11.7. The highest BCUT2D eigenvalue weighted by Crippen LogP contribution is 2.34. The lowest BCUT2D eigenvalue weighted by Crippen LogP contribution is -2.20. The van der Waals surface area contributed by atoms with Gasteiger partial charge in [0, 0.05) is 18.0 Å². The third-order valence-electron chi connectivity index (χ3n) is 6.58. The van der Waals surface area contributed by atoms with Crippen molar-refractivity contribution in [2.45, 2.75) is 83.8 Å². The number of aryl methyl sites for hydroxylation is 2. The summed E-state index contributed by atoms with van der Waals surface area (Å²) in [5, 5.41) is 14.4. The minimum absolute atomic E-state index is 0.250. The monoisotopic (exact) mass is 480 g/mol. The van der Waals surface area contributed by atoms with Gasteiger partial charge in [-0.1, -0.05) is 18.0 Å². The molecule has 0 saturated heterocycles. The molecule has 2 saturated carbocycles. The number of carbonyl (C=O) groups is 1. The molecule has 2 aliphatic carbocycles. The molecule has 2 N–H and O–H groups in total. The van der Waals surface area contributed by atoms with E-state index in [1.54, 1.807) is 6.33 Å². The van der Waals surface area contributed by atoms with Gasteiger partial charge in [0.1, 0.15) is 23.6 Å². The number of hydrogen-bond acceptors (Lipinski definition) is 9. The molecule has 10 heteroatoms. The van der Waals surface area contributed by atoms with Crippen LogP contribution in [-0.4, -0.2) is 42.8 Å². The summed E-state index contributed by atoms with van der Waals surface area (Å²) in [6.45, 7) is 4.17. The van der Waals surface area contributed by atoms with Crippen LogP contribution in [0.5, 0.6) is 5.75 Å². The largest absolute Gasteiger partial charge is 0.489 e. The molecule has 35 heavy (non-hydrogen) atoms. The van der Waals surface area contributed by atoms with E-state index >= 15 is 0 Å². The van der Waals surface area contributed by atoms with Crippen LogP contribution in [0.15, 0.2) is 23.0 Å².